The number of halogens is 1. The molecule has 0 aliphatic heterocycles. The van der Waals surface area contributed by atoms with E-state index in [9.17, 15) is 4.39 Å². The quantitative estimate of drug-likeness (QED) is 0.674. The Labute approximate surface area is 70.8 Å². The number of benzene rings is 1. The molecule has 1 atom stereocenters. The first-order valence-electron chi connectivity index (χ1n) is 3.77. The van der Waals surface area contributed by atoms with Gasteiger partial charge in [-0.05, 0) is 37.1 Å². The minimum atomic E-state index is -0.600. The van der Waals surface area contributed by atoms with Gasteiger partial charge in [-0.15, -0.1) is 0 Å². The Morgan fingerprint density at radius 3 is 2.58 bits per heavy atom. The number of phenolic OH excluding ortho intramolecular Hbond substituents is 1. The Hall–Kier alpha value is -1.09. The molecule has 0 aliphatic carbocycles. The van der Waals surface area contributed by atoms with Crippen LogP contribution in [0.4, 0.5) is 4.39 Å². The number of phenols is 1. The van der Waals surface area contributed by atoms with E-state index in [4.69, 9.17) is 10.8 Å². The average molecular weight is 169 g/mol. The number of nitrogens with two attached hydrogens (primary N) is 1. The van der Waals surface area contributed by atoms with Crippen molar-refractivity contribution in [3.8, 4) is 5.75 Å². The summed E-state index contributed by atoms with van der Waals surface area (Å²) < 4.78 is 12.7. The molecule has 1 rings (SSSR count). The fourth-order valence-electron chi connectivity index (χ4n) is 1.17. The summed E-state index contributed by atoms with van der Waals surface area (Å²) in [6.07, 6.45) is 0. The number of hydrogen-bond acceptors (Lipinski definition) is 2. The van der Waals surface area contributed by atoms with Crippen LogP contribution in [-0.4, -0.2) is 5.11 Å². The zero-order chi connectivity index (χ0) is 9.30. The van der Waals surface area contributed by atoms with E-state index in [1.807, 2.05) is 0 Å². The molecule has 0 aromatic heterocycles. The topological polar surface area (TPSA) is 46.2 Å². The van der Waals surface area contributed by atoms with E-state index in [0.717, 1.165) is 11.1 Å². The van der Waals surface area contributed by atoms with Crippen LogP contribution >= 0.6 is 0 Å². The van der Waals surface area contributed by atoms with Gasteiger partial charge in [0.25, 0.3) is 0 Å². The third-order valence-corrected chi connectivity index (χ3v) is 1.83. The first-order chi connectivity index (χ1) is 5.52. The monoisotopic (exact) mass is 169 g/mol. The normalized spacial score (nSPS) is 13.0. The number of hydrogen-bond donors (Lipinski definition) is 2. The summed E-state index contributed by atoms with van der Waals surface area (Å²) in [7, 11) is 0. The standard InChI is InChI=1S/C9H12FNO/c1-5-3-8(10)9(12)4-7(5)6(2)11/h3-4,6,12H,11H2,1-2H3. The smallest absolute Gasteiger partial charge is 0.165 e. The van der Waals surface area contributed by atoms with Crippen LogP contribution in [0.3, 0.4) is 0 Å². The van der Waals surface area contributed by atoms with Crippen molar-refractivity contribution in [2.24, 2.45) is 5.73 Å². The van der Waals surface area contributed by atoms with Gasteiger partial charge in [0, 0.05) is 6.04 Å². The van der Waals surface area contributed by atoms with Crippen LogP contribution in [0.5, 0.6) is 5.75 Å². The maximum atomic E-state index is 12.7. The van der Waals surface area contributed by atoms with E-state index in [0.29, 0.717) is 0 Å². The highest BCUT2D eigenvalue weighted by molar-refractivity contribution is 5.36. The summed E-state index contributed by atoms with van der Waals surface area (Å²) in [6, 6.07) is 2.47. The molecular formula is C9H12FNO. The molecule has 1 aromatic carbocycles. The summed E-state index contributed by atoms with van der Waals surface area (Å²) in [5.41, 5.74) is 7.14. The molecule has 12 heavy (non-hydrogen) atoms. The largest absolute Gasteiger partial charge is 0.505 e. The first-order valence-corrected chi connectivity index (χ1v) is 3.77. The van der Waals surface area contributed by atoms with Crippen molar-refractivity contribution in [1.29, 1.82) is 0 Å². The lowest BCUT2D eigenvalue weighted by atomic mass is 10.0. The average Bonchev–Trinajstić information content (AvgIpc) is 1.96. The second kappa shape index (κ2) is 3.11. The Bertz CT molecular complexity index is 297. The SMILES string of the molecule is Cc1cc(F)c(O)cc1C(C)N. The van der Waals surface area contributed by atoms with E-state index < -0.39 is 5.82 Å². The highest BCUT2D eigenvalue weighted by Crippen LogP contribution is 2.23. The zero-order valence-electron chi connectivity index (χ0n) is 7.13. The number of aromatic hydroxyl groups is 1. The maximum absolute atomic E-state index is 12.7. The predicted molar refractivity (Wildman–Crippen MR) is 45.4 cm³/mol. The molecule has 2 nitrogen and oxygen atoms in total. The molecule has 0 saturated carbocycles. The molecule has 3 N–H and O–H groups in total. The molecule has 0 aliphatic rings. The molecule has 3 heteroatoms. The Balaban J connectivity index is 3.23. The van der Waals surface area contributed by atoms with Crippen LogP contribution in [-0.2, 0) is 0 Å². The highest BCUT2D eigenvalue weighted by Gasteiger charge is 2.08. The fourth-order valence-corrected chi connectivity index (χ4v) is 1.17. The molecule has 1 unspecified atom stereocenters. The number of rotatable bonds is 1. The van der Waals surface area contributed by atoms with Crippen molar-refractivity contribution in [2.75, 3.05) is 0 Å². The van der Waals surface area contributed by atoms with Gasteiger partial charge in [0.2, 0.25) is 0 Å². The Morgan fingerprint density at radius 1 is 1.50 bits per heavy atom. The molecule has 66 valence electrons. The van der Waals surface area contributed by atoms with E-state index in [-0.39, 0.29) is 11.8 Å². The molecule has 0 heterocycles. The van der Waals surface area contributed by atoms with Crippen LogP contribution < -0.4 is 5.73 Å². The van der Waals surface area contributed by atoms with Gasteiger partial charge in [0.15, 0.2) is 11.6 Å². The Kier molecular flexibility index (Phi) is 2.33. The maximum Gasteiger partial charge on any atom is 0.165 e. The summed E-state index contributed by atoms with van der Waals surface area (Å²) in [5, 5.41) is 9.04. The molecule has 0 spiro atoms. The van der Waals surface area contributed by atoms with Crippen molar-refractivity contribution in [3.05, 3.63) is 29.1 Å². The van der Waals surface area contributed by atoms with Crippen molar-refractivity contribution < 1.29 is 9.50 Å². The van der Waals surface area contributed by atoms with Crippen molar-refractivity contribution in [1.82, 2.24) is 0 Å². The van der Waals surface area contributed by atoms with Gasteiger partial charge in [0.05, 0.1) is 0 Å². The third-order valence-electron chi connectivity index (χ3n) is 1.83. The van der Waals surface area contributed by atoms with Crippen LogP contribution in [0.2, 0.25) is 0 Å². The van der Waals surface area contributed by atoms with E-state index >= 15 is 0 Å². The lowest BCUT2D eigenvalue weighted by Crippen LogP contribution is -2.07. The second-order valence-corrected chi connectivity index (χ2v) is 2.95. The Morgan fingerprint density at radius 2 is 2.08 bits per heavy atom. The highest BCUT2D eigenvalue weighted by atomic mass is 19.1. The van der Waals surface area contributed by atoms with Gasteiger partial charge < -0.3 is 10.8 Å². The fraction of sp³-hybridized carbons (Fsp3) is 0.333. The molecule has 0 amide bonds. The van der Waals surface area contributed by atoms with Crippen LogP contribution in [0.25, 0.3) is 0 Å². The van der Waals surface area contributed by atoms with Crippen molar-refractivity contribution >= 4 is 0 Å². The van der Waals surface area contributed by atoms with Crippen molar-refractivity contribution in [3.63, 3.8) is 0 Å². The van der Waals surface area contributed by atoms with Gasteiger partial charge in [0.1, 0.15) is 0 Å². The lowest BCUT2D eigenvalue weighted by molar-refractivity contribution is 0.430. The van der Waals surface area contributed by atoms with Gasteiger partial charge in [-0.3, -0.25) is 0 Å². The summed E-state index contributed by atoms with van der Waals surface area (Å²) in [6.45, 7) is 3.56. The lowest BCUT2D eigenvalue weighted by Gasteiger charge is -2.10. The molecule has 0 radical (unpaired) electrons. The van der Waals surface area contributed by atoms with Gasteiger partial charge in [-0.2, -0.15) is 0 Å². The first kappa shape index (κ1) is 9.00. The van der Waals surface area contributed by atoms with Gasteiger partial charge in [-0.1, -0.05) is 0 Å². The minimum Gasteiger partial charge on any atom is -0.505 e. The molecule has 0 fully saturated rings. The number of aryl methyl sites for hydroxylation is 1. The van der Waals surface area contributed by atoms with Crippen molar-refractivity contribution in [2.45, 2.75) is 19.9 Å². The minimum absolute atomic E-state index is 0.184. The van der Waals surface area contributed by atoms with Crippen LogP contribution in [0.15, 0.2) is 12.1 Å². The molecule has 0 saturated heterocycles. The van der Waals surface area contributed by atoms with Crippen LogP contribution in [0.1, 0.15) is 24.1 Å². The molecule has 1 aromatic rings. The van der Waals surface area contributed by atoms with Gasteiger partial charge >= 0.3 is 0 Å². The molecular weight excluding hydrogens is 157 g/mol. The summed E-state index contributed by atoms with van der Waals surface area (Å²) >= 11 is 0. The van der Waals surface area contributed by atoms with E-state index in [1.165, 1.54) is 12.1 Å². The summed E-state index contributed by atoms with van der Waals surface area (Å²) in [4.78, 5) is 0. The molecule has 0 bridgehead atoms. The predicted octanol–water partition coefficient (Wildman–Crippen LogP) is 1.86. The van der Waals surface area contributed by atoms with Gasteiger partial charge in [-0.25, -0.2) is 4.39 Å². The zero-order valence-corrected chi connectivity index (χ0v) is 7.13. The second-order valence-electron chi connectivity index (χ2n) is 2.95. The van der Waals surface area contributed by atoms with E-state index in [1.54, 1.807) is 13.8 Å². The van der Waals surface area contributed by atoms with Crippen LogP contribution in [0, 0.1) is 12.7 Å². The van der Waals surface area contributed by atoms with E-state index in [2.05, 4.69) is 0 Å². The summed E-state index contributed by atoms with van der Waals surface area (Å²) in [5.74, 6) is -0.940. The third kappa shape index (κ3) is 1.56.